The van der Waals surface area contributed by atoms with Crippen LogP contribution in [0.3, 0.4) is 0 Å². The van der Waals surface area contributed by atoms with E-state index in [0.717, 1.165) is 27.4 Å². The van der Waals surface area contributed by atoms with E-state index in [9.17, 15) is 9.59 Å². The standard InChI is InChI=1S/C19H17BrClNO4S/c1-25-15-9-16(26-2)13(20)7-12(15)8-17-18(23)22(19(24)27-17)10-11-5-3-4-6-14(11)21/h3-7,9,17H,8,10H2,1-2H3/t17-/m0/s1. The Bertz CT molecular complexity index is 892. The van der Waals surface area contributed by atoms with Gasteiger partial charge in [0.05, 0.1) is 30.5 Å². The van der Waals surface area contributed by atoms with Crippen molar-refractivity contribution in [2.75, 3.05) is 14.2 Å². The predicted molar refractivity (Wildman–Crippen MR) is 110 cm³/mol. The molecule has 2 aromatic rings. The van der Waals surface area contributed by atoms with E-state index in [1.165, 1.54) is 4.90 Å². The Kier molecular flexibility index (Phi) is 6.34. The van der Waals surface area contributed by atoms with Crippen molar-refractivity contribution in [3.63, 3.8) is 0 Å². The quantitative estimate of drug-likeness (QED) is 0.599. The first-order valence-electron chi connectivity index (χ1n) is 8.10. The fourth-order valence-corrected chi connectivity index (χ4v) is 4.61. The molecule has 0 spiro atoms. The van der Waals surface area contributed by atoms with Crippen molar-refractivity contribution in [3.05, 3.63) is 57.0 Å². The molecule has 0 unspecified atom stereocenters. The van der Waals surface area contributed by atoms with E-state index >= 15 is 0 Å². The monoisotopic (exact) mass is 469 g/mol. The second kappa shape index (κ2) is 8.54. The number of hydrogen-bond donors (Lipinski definition) is 0. The number of halogens is 2. The van der Waals surface area contributed by atoms with Gasteiger partial charge in [0.25, 0.3) is 5.24 Å². The van der Waals surface area contributed by atoms with Crippen molar-refractivity contribution in [1.29, 1.82) is 0 Å². The lowest BCUT2D eigenvalue weighted by atomic mass is 10.1. The smallest absolute Gasteiger partial charge is 0.289 e. The van der Waals surface area contributed by atoms with Crippen LogP contribution in [0.25, 0.3) is 0 Å². The molecule has 0 saturated carbocycles. The highest BCUT2D eigenvalue weighted by Crippen LogP contribution is 2.37. The second-order valence-corrected chi connectivity index (χ2v) is 8.31. The second-order valence-electron chi connectivity index (χ2n) is 5.89. The lowest BCUT2D eigenvalue weighted by Crippen LogP contribution is -2.31. The summed E-state index contributed by atoms with van der Waals surface area (Å²) in [7, 11) is 3.13. The molecular formula is C19H17BrClNO4S. The van der Waals surface area contributed by atoms with Crippen LogP contribution in [0.1, 0.15) is 11.1 Å². The Morgan fingerprint density at radius 1 is 1.11 bits per heavy atom. The summed E-state index contributed by atoms with van der Waals surface area (Å²) in [5.74, 6) is 1.02. The number of hydrogen-bond acceptors (Lipinski definition) is 5. The Morgan fingerprint density at radius 2 is 1.81 bits per heavy atom. The third kappa shape index (κ3) is 4.25. The van der Waals surface area contributed by atoms with Gasteiger partial charge in [0, 0.05) is 11.1 Å². The summed E-state index contributed by atoms with van der Waals surface area (Å²) in [5.41, 5.74) is 1.57. The third-order valence-electron chi connectivity index (χ3n) is 4.25. The van der Waals surface area contributed by atoms with Crippen LogP contribution in [0, 0.1) is 0 Å². The normalized spacial score (nSPS) is 16.7. The lowest BCUT2D eigenvalue weighted by molar-refractivity contribution is -0.127. The number of imide groups is 1. The van der Waals surface area contributed by atoms with E-state index < -0.39 is 5.25 Å². The van der Waals surface area contributed by atoms with Gasteiger partial charge in [0.1, 0.15) is 11.5 Å². The van der Waals surface area contributed by atoms with Gasteiger partial charge in [-0.2, -0.15) is 0 Å². The fourth-order valence-electron chi connectivity index (χ4n) is 2.85. The number of thioether (sulfide) groups is 1. The van der Waals surface area contributed by atoms with E-state index in [4.69, 9.17) is 21.1 Å². The van der Waals surface area contributed by atoms with Crippen molar-refractivity contribution in [1.82, 2.24) is 4.90 Å². The molecular weight excluding hydrogens is 454 g/mol. The molecule has 0 aliphatic carbocycles. The molecule has 2 amide bonds. The van der Waals surface area contributed by atoms with Gasteiger partial charge in [0.15, 0.2) is 0 Å². The number of carbonyl (C=O) groups excluding carboxylic acids is 2. The summed E-state index contributed by atoms with van der Waals surface area (Å²) in [4.78, 5) is 26.4. The van der Waals surface area contributed by atoms with Crippen LogP contribution in [0.2, 0.25) is 5.02 Å². The zero-order chi connectivity index (χ0) is 19.6. The first-order chi connectivity index (χ1) is 12.9. The summed E-state index contributed by atoms with van der Waals surface area (Å²) >= 11 is 10.6. The minimum Gasteiger partial charge on any atom is -0.496 e. The molecule has 0 N–H and O–H groups in total. The number of carbonyl (C=O) groups is 2. The molecule has 0 aromatic heterocycles. The number of ether oxygens (including phenoxy) is 2. The molecule has 0 radical (unpaired) electrons. The molecule has 5 nitrogen and oxygen atoms in total. The highest BCUT2D eigenvalue weighted by molar-refractivity contribution is 9.10. The molecule has 8 heteroatoms. The molecule has 27 heavy (non-hydrogen) atoms. The van der Waals surface area contributed by atoms with Gasteiger partial charge in [-0.15, -0.1) is 0 Å². The summed E-state index contributed by atoms with van der Waals surface area (Å²) in [6.45, 7) is 0.171. The highest BCUT2D eigenvalue weighted by Gasteiger charge is 2.40. The van der Waals surface area contributed by atoms with E-state index in [0.29, 0.717) is 22.9 Å². The highest BCUT2D eigenvalue weighted by atomic mass is 79.9. The van der Waals surface area contributed by atoms with Crippen molar-refractivity contribution in [2.24, 2.45) is 0 Å². The number of nitrogens with zero attached hydrogens (tertiary/aromatic N) is 1. The molecule has 1 fully saturated rings. The zero-order valence-corrected chi connectivity index (χ0v) is 17.9. The van der Waals surface area contributed by atoms with Gasteiger partial charge in [-0.25, -0.2) is 0 Å². The van der Waals surface area contributed by atoms with Crippen LogP contribution in [-0.4, -0.2) is 35.5 Å². The van der Waals surface area contributed by atoms with Gasteiger partial charge in [-0.1, -0.05) is 41.6 Å². The van der Waals surface area contributed by atoms with Gasteiger partial charge < -0.3 is 9.47 Å². The third-order valence-corrected chi connectivity index (χ3v) is 6.31. The SMILES string of the molecule is COc1cc(OC)c(C[C@@H]2SC(=O)N(Cc3ccccc3Cl)C2=O)cc1Br. The summed E-state index contributed by atoms with van der Waals surface area (Å²) < 4.78 is 11.4. The number of amides is 2. The molecule has 2 aromatic carbocycles. The van der Waals surface area contributed by atoms with Crippen molar-refractivity contribution in [3.8, 4) is 11.5 Å². The van der Waals surface area contributed by atoms with Crippen LogP contribution >= 0.6 is 39.3 Å². The number of methoxy groups -OCH3 is 2. The van der Waals surface area contributed by atoms with E-state index in [2.05, 4.69) is 15.9 Å². The van der Waals surface area contributed by atoms with Crippen LogP contribution in [0.15, 0.2) is 40.9 Å². The van der Waals surface area contributed by atoms with Gasteiger partial charge in [-0.05, 0) is 45.6 Å². The minimum atomic E-state index is -0.505. The maximum Gasteiger partial charge on any atom is 0.289 e. The van der Waals surface area contributed by atoms with Gasteiger partial charge in [0.2, 0.25) is 5.91 Å². The van der Waals surface area contributed by atoms with Crippen molar-refractivity contribution < 1.29 is 19.1 Å². The van der Waals surface area contributed by atoms with Crippen LogP contribution in [0.4, 0.5) is 4.79 Å². The van der Waals surface area contributed by atoms with E-state index in [1.807, 2.05) is 24.3 Å². The maximum absolute atomic E-state index is 12.8. The molecule has 142 valence electrons. The Balaban J connectivity index is 1.80. The zero-order valence-electron chi connectivity index (χ0n) is 14.7. The predicted octanol–water partition coefficient (Wildman–Crippen LogP) is 4.93. The topological polar surface area (TPSA) is 55.8 Å². The van der Waals surface area contributed by atoms with Crippen molar-refractivity contribution >= 4 is 50.4 Å². The first-order valence-corrected chi connectivity index (χ1v) is 10.2. The fraction of sp³-hybridized carbons (Fsp3) is 0.263. The Labute approximate surface area is 175 Å². The van der Waals surface area contributed by atoms with Crippen LogP contribution in [-0.2, 0) is 17.8 Å². The minimum absolute atomic E-state index is 0.171. The average molecular weight is 471 g/mol. The molecule has 1 atom stereocenters. The first kappa shape index (κ1) is 20.0. The lowest BCUT2D eigenvalue weighted by Gasteiger charge is -2.16. The summed E-state index contributed by atoms with van der Waals surface area (Å²) in [5, 5.41) is -0.238. The molecule has 1 aliphatic heterocycles. The number of benzene rings is 2. The Hall–Kier alpha value is -1.70. The maximum atomic E-state index is 12.8. The van der Waals surface area contributed by atoms with Crippen LogP contribution < -0.4 is 9.47 Å². The molecule has 3 rings (SSSR count). The average Bonchev–Trinajstić information content (AvgIpc) is 2.91. The molecule has 0 bridgehead atoms. The van der Waals surface area contributed by atoms with Crippen LogP contribution in [0.5, 0.6) is 11.5 Å². The summed E-state index contributed by atoms with van der Waals surface area (Å²) in [6, 6.07) is 10.8. The largest absolute Gasteiger partial charge is 0.496 e. The van der Waals surface area contributed by atoms with E-state index in [-0.39, 0.29) is 17.7 Å². The Morgan fingerprint density at radius 3 is 2.48 bits per heavy atom. The van der Waals surface area contributed by atoms with Crippen molar-refractivity contribution in [2.45, 2.75) is 18.2 Å². The van der Waals surface area contributed by atoms with Gasteiger partial charge in [-0.3, -0.25) is 14.5 Å². The number of rotatable bonds is 6. The summed E-state index contributed by atoms with van der Waals surface area (Å²) in [6.07, 6.45) is 0.375. The van der Waals surface area contributed by atoms with E-state index in [1.54, 1.807) is 26.4 Å². The molecule has 1 aliphatic rings. The molecule has 1 heterocycles. The van der Waals surface area contributed by atoms with Gasteiger partial charge >= 0.3 is 0 Å². The molecule has 1 saturated heterocycles.